The first-order valence-electron chi connectivity index (χ1n) is 30.9. The second kappa shape index (κ2) is 60.4. The van der Waals surface area contributed by atoms with Gasteiger partial charge in [-0.15, -0.1) is 0 Å². The van der Waals surface area contributed by atoms with E-state index in [1.165, 1.54) is 173 Å². The predicted molar refractivity (Wildman–Crippen MR) is 311 cm³/mol. The highest BCUT2D eigenvalue weighted by Crippen LogP contribution is 2.17. The van der Waals surface area contributed by atoms with Crippen molar-refractivity contribution in [3.8, 4) is 0 Å². The van der Waals surface area contributed by atoms with Gasteiger partial charge in [-0.1, -0.05) is 293 Å². The summed E-state index contributed by atoms with van der Waals surface area (Å²) in [6, 6.07) is 0. The Morgan fingerprint density at radius 3 is 0.847 bits per heavy atom. The lowest BCUT2D eigenvalue weighted by atomic mass is 10.0. The maximum Gasteiger partial charge on any atom is 0.306 e. The molecule has 0 aromatic carbocycles. The second-order valence-electron chi connectivity index (χ2n) is 20.6. The largest absolute Gasteiger partial charge is 0.462 e. The van der Waals surface area contributed by atoms with Crippen molar-refractivity contribution in [3.05, 3.63) is 72.9 Å². The maximum atomic E-state index is 12.8. The number of esters is 3. The molecule has 0 aromatic heterocycles. The van der Waals surface area contributed by atoms with E-state index in [2.05, 4.69) is 93.7 Å². The molecule has 0 N–H and O–H groups in total. The van der Waals surface area contributed by atoms with Gasteiger partial charge >= 0.3 is 17.9 Å². The van der Waals surface area contributed by atoms with Crippen LogP contribution in [0.1, 0.15) is 310 Å². The first kappa shape index (κ1) is 68.8. The summed E-state index contributed by atoms with van der Waals surface area (Å²) in [7, 11) is 0. The van der Waals surface area contributed by atoms with Gasteiger partial charge < -0.3 is 14.2 Å². The summed E-state index contributed by atoms with van der Waals surface area (Å²) < 4.78 is 16.8. The van der Waals surface area contributed by atoms with Crippen LogP contribution in [0.5, 0.6) is 0 Å². The minimum atomic E-state index is -0.766. The Hall–Kier alpha value is -3.15. The average Bonchev–Trinajstić information content (AvgIpc) is 3.38. The monoisotopic (exact) mass is 1000 g/mol. The summed E-state index contributed by atoms with van der Waals surface area (Å²) in [4.78, 5) is 37.8. The Kier molecular flexibility index (Phi) is 57.8. The molecule has 0 spiro atoms. The molecule has 0 aliphatic rings. The Bertz CT molecular complexity index is 1340. The van der Waals surface area contributed by atoms with Gasteiger partial charge in [-0.3, -0.25) is 14.4 Å². The van der Waals surface area contributed by atoms with Gasteiger partial charge in [0.2, 0.25) is 0 Å². The molecule has 0 bridgehead atoms. The van der Waals surface area contributed by atoms with Crippen molar-refractivity contribution < 1.29 is 28.6 Å². The van der Waals surface area contributed by atoms with Crippen molar-refractivity contribution in [3.63, 3.8) is 0 Å². The standard InChI is InChI=1S/C66H116O6/c1-4-7-10-13-16-18-20-22-23-24-25-26-27-28-29-30-31-32-33-34-35-36-37-38-39-40-41-42-43-45-46-48-50-53-56-59-65(68)71-62-63(61-70-64(67)58-55-52-15-12-9-6-3)72-66(69)60-57-54-51-49-47-44-21-19-17-14-11-8-5-2/h7,10,16,18,22-23,25-26,28-29,31-32,63H,4-6,8-9,11-15,17,19-21,24,27,30,33-62H2,1-3H3/b10-7-,18-16-,23-22-,26-25-,29-28-,32-31-. The summed E-state index contributed by atoms with van der Waals surface area (Å²) in [5.41, 5.74) is 0. The normalized spacial score (nSPS) is 12.5. The smallest absolute Gasteiger partial charge is 0.306 e. The average molecular weight is 1010 g/mol. The van der Waals surface area contributed by atoms with Crippen LogP contribution in [0.25, 0.3) is 0 Å². The molecule has 0 saturated carbocycles. The van der Waals surface area contributed by atoms with Crippen LogP contribution in [0.3, 0.4) is 0 Å². The molecular formula is C66H116O6. The van der Waals surface area contributed by atoms with E-state index in [-0.39, 0.29) is 31.1 Å². The molecule has 0 radical (unpaired) electrons. The Balaban J connectivity index is 3.93. The van der Waals surface area contributed by atoms with Crippen molar-refractivity contribution in [1.82, 2.24) is 0 Å². The summed E-state index contributed by atoms with van der Waals surface area (Å²) in [6.07, 6.45) is 78.1. The Morgan fingerprint density at radius 2 is 0.542 bits per heavy atom. The minimum absolute atomic E-state index is 0.0697. The highest BCUT2D eigenvalue weighted by Gasteiger charge is 2.19. The molecule has 6 heteroatoms. The molecule has 1 unspecified atom stereocenters. The fourth-order valence-electron chi connectivity index (χ4n) is 8.86. The number of allylic oxidation sites excluding steroid dienone is 12. The van der Waals surface area contributed by atoms with E-state index in [0.717, 1.165) is 96.3 Å². The fourth-order valence-corrected chi connectivity index (χ4v) is 8.86. The second-order valence-corrected chi connectivity index (χ2v) is 20.6. The number of hydrogen-bond donors (Lipinski definition) is 0. The lowest BCUT2D eigenvalue weighted by molar-refractivity contribution is -0.167. The van der Waals surface area contributed by atoms with Crippen LogP contribution in [0.15, 0.2) is 72.9 Å². The van der Waals surface area contributed by atoms with E-state index in [0.29, 0.717) is 19.3 Å². The van der Waals surface area contributed by atoms with Crippen molar-refractivity contribution >= 4 is 17.9 Å². The predicted octanol–water partition coefficient (Wildman–Crippen LogP) is 20.9. The molecule has 1 atom stereocenters. The van der Waals surface area contributed by atoms with Crippen molar-refractivity contribution in [2.75, 3.05) is 13.2 Å². The van der Waals surface area contributed by atoms with E-state index >= 15 is 0 Å². The number of carbonyl (C=O) groups excluding carboxylic acids is 3. The van der Waals surface area contributed by atoms with E-state index in [4.69, 9.17) is 14.2 Å². The fraction of sp³-hybridized carbons (Fsp3) is 0.773. The molecule has 0 rings (SSSR count). The van der Waals surface area contributed by atoms with Gasteiger partial charge in [0.25, 0.3) is 0 Å². The van der Waals surface area contributed by atoms with E-state index in [1.807, 2.05) is 0 Å². The molecule has 0 aromatic rings. The number of ether oxygens (including phenoxy) is 3. The van der Waals surface area contributed by atoms with E-state index in [1.54, 1.807) is 0 Å². The first-order chi connectivity index (χ1) is 35.5. The number of hydrogen-bond acceptors (Lipinski definition) is 6. The van der Waals surface area contributed by atoms with Gasteiger partial charge in [-0.2, -0.15) is 0 Å². The summed E-state index contributed by atoms with van der Waals surface area (Å²) >= 11 is 0. The first-order valence-corrected chi connectivity index (χ1v) is 30.9. The molecule has 0 fully saturated rings. The van der Waals surface area contributed by atoms with Gasteiger partial charge in [0, 0.05) is 19.3 Å². The number of carbonyl (C=O) groups is 3. The van der Waals surface area contributed by atoms with Gasteiger partial charge in [-0.25, -0.2) is 0 Å². The number of unbranched alkanes of at least 4 members (excludes halogenated alkanes) is 33. The Labute approximate surface area is 446 Å². The molecule has 6 nitrogen and oxygen atoms in total. The van der Waals surface area contributed by atoms with Crippen LogP contribution in [-0.2, 0) is 28.6 Å². The van der Waals surface area contributed by atoms with E-state index < -0.39 is 6.10 Å². The lowest BCUT2D eigenvalue weighted by Gasteiger charge is -2.18. The molecule has 0 heterocycles. The molecule has 0 amide bonds. The van der Waals surface area contributed by atoms with Gasteiger partial charge in [0.1, 0.15) is 13.2 Å². The zero-order valence-electron chi connectivity index (χ0n) is 47.7. The molecule has 72 heavy (non-hydrogen) atoms. The van der Waals surface area contributed by atoms with Crippen molar-refractivity contribution in [2.24, 2.45) is 0 Å². The zero-order valence-corrected chi connectivity index (χ0v) is 47.7. The number of rotatable bonds is 56. The van der Waals surface area contributed by atoms with Crippen LogP contribution in [0, 0.1) is 0 Å². The topological polar surface area (TPSA) is 78.9 Å². The van der Waals surface area contributed by atoms with Crippen molar-refractivity contribution in [2.45, 2.75) is 316 Å². The van der Waals surface area contributed by atoms with Crippen LogP contribution in [0.2, 0.25) is 0 Å². The Morgan fingerprint density at radius 1 is 0.292 bits per heavy atom. The van der Waals surface area contributed by atoms with Crippen LogP contribution in [-0.4, -0.2) is 37.2 Å². The van der Waals surface area contributed by atoms with Crippen molar-refractivity contribution in [1.29, 1.82) is 0 Å². The highest BCUT2D eigenvalue weighted by atomic mass is 16.6. The summed E-state index contributed by atoms with van der Waals surface area (Å²) in [5, 5.41) is 0. The summed E-state index contributed by atoms with van der Waals surface area (Å²) in [6.45, 7) is 6.49. The lowest BCUT2D eigenvalue weighted by Crippen LogP contribution is -2.30. The molecule has 0 aliphatic heterocycles. The molecule has 0 aliphatic carbocycles. The maximum absolute atomic E-state index is 12.8. The highest BCUT2D eigenvalue weighted by molar-refractivity contribution is 5.71. The van der Waals surface area contributed by atoms with Gasteiger partial charge in [0.15, 0.2) is 6.10 Å². The van der Waals surface area contributed by atoms with Crippen LogP contribution in [0.4, 0.5) is 0 Å². The minimum Gasteiger partial charge on any atom is -0.462 e. The van der Waals surface area contributed by atoms with Gasteiger partial charge in [-0.05, 0) is 70.6 Å². The molecule has 416 valence electrons. The van der Waals surface area contributed by atoms with Gasteiger partial charge in [0.05, 0.1) is 0 Å². The van der Waals surface area contributed by atoms with E-state index in [9.17, 15) is 14.4 Å². The molecular weight excluding hydrogens is 889 g/mol. The third-order valence-electron chi connectivity index (χ3n) is 13.5. The zero-order chi connectivity index (χ0) is 52.2. The van der Waals surface area contributed by atoms with Crippen LogP contribution < -0.4 is 0 Å². The SMILES string of the molecule is CC/C=C\C/C=C\C/C=C\C/C=C\C/C=C\C/C=C\CCCCCCCCCCCCCCCCCCC(=O)OCC(COC(=O)CCCCCCCC)OC(=O)CCCCCCCCCCCCCCC. The quantitative estimate of drug-likeness (QED) is 0.0261. The molecule has 0 saturated heterocycles. The van der Waals surface area contributed by atoms with Crippen LogP contribution >= 0.6 is 0 Å². The summed E-state index contributed by atoms with van der Waals surface area (Å²) in [5.74, 6) is -0.866. The third kappa shape index (κ3) is 57.7. The third-order valence-corrected chi connectivity index (χ3v) is 13.5.